The van der Waals surface area contributed by atoms with Crippen molar-refractivity contribution in [3.05, 3.63) is 65.5 Å². The first-order chi connectivity index (χ1) is 12.2. The zero-order valence-electron chi connectivity index (χ0n) is 14.4. The molecule has 2 aromatic rings. The second kappa shape index (κ2) is 8.92. The Labute approximate surface area is 154 Å². The first-order valence-electron chi connectivity index (χ1n) is 8.91. The molecule has 1 saturated heterocycles. The Bertz CT molecular complexity index is 696. The maximum Gasteiger partial charge on any atom is 0.171 e. The molecular formula is C20H25FN3S+. The van der Waals surface area contributed by atoms with Crippen molar-refractivity contribution in [3.8, 4) is 0 Å². The molecule has 0 amide bonds. The highest BCUT2D eigenvalue weighted by molar-refractivity contribution is 7.80. The van der Waals surface area contributed by atoms with Crippen molar-refractivity contribution in [2.75, 3.05) is 18.4 Å². The molecule has 1 heterocycles. The number of hydrogen-bond acceptors (Lipinski definition) is 1. The van der Waals surface area contributed by atoms with E-state index >= 15 is 0 Å². The molecule has 132 valence electrons. The van der Waals surface area contributed by atoms with Gasteiger partial charge in [0.25, 0.3) is 0 Å². The molecule has 0 aromatic heterocycles. The molecular weight excluding hydrogens is 333 g/mol. The Balaban J connectivity index is 1.46. The van der Waals surface area contributed by atoms with Gasteiger partial charge in [0.05, 0.1) is 18.8 Å². The van der Waals surface area contributed by atoms with Gasteiger partial charge in [0.15, 0.2) is 5.11 Å². The lowest BCUT2D eigenvalue weighted by molar-refractivity contribution is -0.918. The quantitative estimate of drug-likeness (QED) is 0.718. The standard InChI is InChI=1S/C20H24FN3S/c21-18-6-2-3-7-19(18)23-20(25)22-14-16-8-10-17(11-9-16)15-24-12-4-1-5-13-24/h2-3,6-11H,1,4-5,12-15H2,(H2,22,23,25)/p+1. The lowest BCUT2D eigenvalue weighted by Gasteiger charge is -2.23. The average Bonchev–Trinajstić information content (AvgIpc) is 2.64. The summed E-state index contributed by atoms with van der Waals surface area (Å²) in [6.45, 7) is 4.32. The number of likely N-dealkylation sites (tertiary alicyclic amines) is 1. The van der Waals surface area contributed by atoms with Crippen LogP contribution in [-0.4, -0.2) is 18.2 Å². The van der Waals surface area contributed by atoms with E-state index in [4.69, 9.17) is 12.2 Å². The van der Waals surface area contributed by atoms with Crippen molar-refractivity contribution in [3.63, 3.8) is 0 Å². The fourth-order valence-electron chi connectivity index (χ4n) is 3.20. The Hall–Kier alpha value is -1.98. The number of benzene rings is 2. The number of quaternary nitrogens is 1. The number of piperidine rings is 1. The normalized spacial score (nSPS) is 14.9. The largest absolute Gasteiger partial charge is 0.358 e. The van der Waals surface area contributed by atoms with Crippen molar-refractivity contribution in [1.82, 2.24) is 5.32 Å². The second-order valence-corrected chi connectivity index (χ2v) is 7.00. The van der Waals surface area contributed by atoms with Gasteiger partial charge in [-0.15, -0.1) is 0 Å². The van der Waals surface area contributed by atoms with Gasteiger partial charge < -0.3 is 15.5 Å². The SMILES string of the molecule is Fc1ccccc1NC(=S)NCc1ccc(C[NH+]2CCCCC2)cc1. The molecule has 0 radical (unpaired) electrons. The summed E-state index contributed by atoms with van der Waals surface area (Å²) >= 11 is 5.24. The first kappa shape index (κ1) is 17.8. The molecule has 1 fully saturated rings. The smallest absolute Gasteiger partial charge is 0.171 e. The molecule has 25 heavy (non-hydrogen) atoms. The Kier molecular flexibility index (Phi) is 6.36. The minimum absolute atomic E-state index is 0.309. The molecule has 3 N–H and O–H groups in total. The van der Waals surface area contributed by atoms with E-state index in [2.05, 4.69) is 34.9 Å². The monoisotopic (exact) mass is 358 g/mol. The van der Waals surface area contributed by atoms with E-state index in [1.807, 2.05) is 0 Å². The van der Waals surface area contributed by atoms with E-state index in [0.717, 1.165) is 12.1 Å². The second-order valence-electron chi connectivity index (χ2n) is 6.59. The lowest BCUT2D eigenvalue weighted by Crippen LogP contribution is -3.11. The summed E-state index contributed by atoms with van der Waals surface area (Å²) in [7, 11) is 0. The van der Waals surface area contributed by atoms with Crippen molar-refractivity contribution >= 4 is 23.0 Å². The number of rotatable bonds is 5. The zero-order valence-corrected chi connectivity index (χ0v) is 15.2. The third-order valence-electron chi connectivity index (χ3n) is 4.61. The maximum absolute atomic E-state index is 13.6. The summed E-state index contributed by atoms with van der Waals surface area (Å²) in [4.78, 5) is 1.69. The van der Waals surface area contributed by atoms with Gasteiger partial charge in [0.2, 0.25) is 0 Å². The van der Waals surface area contributed by atoms with Gasteiger partial charge in [-0.2, -0.15) is 0 Å². The highest BCUT2D eigenvalue weighted by Gasteiger charge is 2.13. The highest BCUT2D eigenvalue weighted by Crippen LogP contribution is 2.12. The van der Waals surface area contributed by atoms with Crippen LogP contribution in [0.1, 0.15) is 30.4 Å². The van der Waals surface area contributed by atoms with E-state index in [9.17, 15) is 4.39 Å². The van der Waals surface area contributed by atoms with Crippen LogP contribution in [0.5, 0.6) is 0 Å². The summed E-state index contributed by atoms with van der Waals surface area (Å²) < 4.78 is 13.6. The van der Waals surface area contributed by atoms with Crippen molar-refractivity contribution in [2.24, 2.45) is 0 Å². The molecule has 0 unspecified atom stereocenters. The van der Waals surface area contributed by atoms with Crippen LogP contribution in [0.15, 0.2) is 48.5 Å². The summed E-state index contributed by atoms with van der Waals surface area (Å²) in [6, 6.07) is 15.2. The molecule has 3 rings (SSSR count). The number of thiocarbonyl (C=S) groups is 1. The van der Waals surface area contributed by atoms with Gasteiger partial charge in [-0.05, 0) is 49.2 Å². The van der Waals surface area contributed by atoms with E-state index < -0.39 is 0 Å². The van der Waals surface area contributed by atoms with Crippen LogP contribution in [0.2, 0.25) is 0 Å². The number of nitrogens with one attached hydrogen (secondary N) is 3. The molecule has 3 nitrogen and oxygen atoms in total. The maximum atomic E-state index is 13.6. The van der Waals surface area contributed by atoms with E-state index in [-0.39, 0.29) is 5.82 Å². The van der Waals surface area contributed by atoms with Crippen LogP contribution >= 0.6 is 12.2 Å². The highest BCUT2D eigenvalue weighted by atomic mass is 32.1. The summed E-state index contributed by atoms with van der Waals surface area (Å²) in [5.74, 6) is -0.309. The predicted molar refractivity (Wildman–Crippen MR) is 104 cm³/mol. The van der Waals surface area contributed by atoms with Gasteiger partial charge in [0, 0.05) is 12.1 Å². The summed E-state index contributed by atoms with van der Waals surface area (Å²) in [5.41, 5.74) is 2.93. The fraction of sp³-hybridized carbons (Fsp3) is 0.350. The minimum atomic E-state index is -0.309. The van der Waals surface area contributed by atoms with Gasteiger partial charge in [-0.25, -0.2) is 4.39 Å². The van der Waals surface area contributed by atoms with Crippen molar-refractivity contribution < 1.29 is 9.29 Å². The number of para-hydroxylation sites is 1. The Morgan fingerprint density at radius 2 is 1.64 bits per heavy atom. The molecule has 0 aliphatic carbocycles. The van der Waals surface area contributed by atoms with Gasteiger partial charge in [-0.3, -0.25) is 0 Å². The van der Waals surface area contributed by atoms with Crippen LogP contribution in [-0.2, 0) is 13.1 Å². The lowest BCUT2D eigenvalue weighted by atomic mass is 10.1. The van der Waals surface area contributed by atoms with E-state index in [1.165, 1.54) is 44.0 Å². The van der Waals surface area contributed by atoms with Gasteiger partial charge in [0.1, 0.15) is 12.4 Å². The molecule has 5 heteroatoms. The fourth-order valence-corrected chi connectivity index (χ4v) is 3.39. The van der Waals surface area contributed by atoms with Crippen LogP contribution in [0.4, 0.5) is 10.1 Å². The van der Waals surface area contributed by atoms with Crippen LogP contribution in [0.25, 0.3) is 0 Å². The van der Waals surface area contributed by atoms with Crippen LogP contribution in [0, 0.1) is 5.82 Å². The molecule has 2 aromatic carbocycles. The van der Waals surface area contributed by atoms with Gasteiger partial charge >= 0.3 is 0 Å². The number of anilines is 1. The predicted octanol–water partition coefficient (Wildman–Crippen LogP) is 2.88. The Morgan fingerprint density at radius 1 is 0.960 bits per heavy atom. The molecule has 0 bridgehead atoms. The molecule has 0 spiro atoms. The Morgan fingerprint density at radius 3 is 2.36 bits per heavy atom. The molecule has 0 saturated carbocycles. The van der Waals surface area contributed by atoms with E-state index in [1.54, 1.807) is 23.1 Å². The number of halogens is 1. The topological polar surface area (TPSA) is 28.5 Å². The van der Waals surface area contributed by atoms with Gasteiger partial charge in [-0.1, -0.05) is 36.4 Å². The summed E-state index contributed by atoms with van der Waals surface area (Å²) in [6.07, 6.45) is 4.09. The van der Waals surface area contributed by atoms with Crippen LogP contribution < -0.4 is 15.5 Å². The zero-order chi connectivity index (χ0) is 17.5. The third-order valence-corrected chi connectivity index (χ3v) is 4.86. The molecule has 0 atom stereocenters. The third kappa shape index (κ3) is 5.51. The van der Waals surface area contributed by atoms with Crippen molar-refractivity contribution in [1.29, 1.82) is 0 Å². The van der Waals surface area contributed by atoms with Crippen molar-refractivity contribution in [2.45, 2.75) is 32.4 Å². The van der Waals surface area contributed by atoms with E-state index in [0.29, 0.717) is 17.3 Å². The molecule has 1 aliphatic rings. The average molecular weight is 359 g/mol. The first-order valence-corrected chi connectivity index (χ1v) is 9.32. The number of hydrogen-bond donors (Lipinski definition) is 3. The summed E-state index contributed by atoms with van der Waals surface area (Å²) in [5, 5.41) is 6.44. The van der Waals surface area contributed by atoms with Crippen LogP contribution in [0.3, 0.4) is 0 Å². The molecule has 1 aliphatic heterocycles. The minimum Gasteiger partial charge on any atom is -0.358 e.